The number of hydrogen-bond donors (Lipinski definition) is 1. The summed E-state index contributed by atoms with van der Waals surface area (Å²) in [6, 6.07) is 12.9. The van der Waals surface area contributed by atoms with Crippen LogP contribution in [0.15, 0.2) is 61.2 Å². The Bertz CT molecular complexity index is 1030. The zero-order valence-corrected chi connectivity index (χ0v) is 16.4. The highest BCUT2D eigenvalue weighted by Gasteiger charge is 2.34. The van der Waals surface area contributed by atoms with Crippen molar-refractivity contribution >= 4 is 33.2 Å². The molecule has 2 aromatic carbocycles. The predicted octanol–water partition coefficient (Wildman–Crippen LogP) is 2.09. The van der Waals surface area contributed by atoms with Crippen molar-refractivity contribution in [3.05, 3.63) is 72.3 Å². The van der Waals surface area contributed by atoms with Gasteiger partial charge in [0.1, 0.15) is 0 Å². The van der Waals surface area contributed by atoms with Crippen molar-refractivity contribution in [2.75, 3.05) is 29.1 Å². The SMILES string of the molecule is C=CC(=O)N(C)c1ccc(C(=O)NC2CS(=O)(=O)N(C)c3ccccc32)cc1. The van der Waals surface area contributed by atoms with Crippen molar-refractivity contribution in [1.29, 1.82) is 0 Å². The van der Waals surface area contributed by atoms with E-state index in [2.05, 4.69) is 11.9 Å². The van der Waals surface area contributed by atoms with E-state index in [1.54, 1.807) is 43.4 Å². The van der Waals surface area contributed by atoms with Crippen LogP contribution in [0.3, 0.4) is 0 Å². The Morgan fingerprint density at radius 3 is 2.46 bits per heavy atom. The molecule has 1 unspecified atom stereocenters. The number of fused-ring (bicyclic) bond motifs is 1. The Morgan fingerprint density at radius 2 is 1.82 bits per heavy atom. The number of amides is 2. The second-order valence-corrected chi connectivity index (χ2v) is 8.52. The molecule has 146 valence electrons. The number of rotatable bonds is 4. The predicted molar refractivity (Wildman–Crippen MR) is 109 cm³/mol. The molecule has 7 nitrogen and oxygen atoms in total. The number of carbonyl (C=O) groups excluding carboxylic acids is 2. The van der Waals surface area contributed by atoms with Crippen LogP contribution < -0.4 is 14.5 Å². The monoisotopic (exact) mass is 399 g/mol. The quantitative estimate of drug-likeness (QED) is 0.798. The van der Waals surface area contributed by atoms with Gasteiger partial charge >= 0.3 is 0 Å². The Kier molecular flexibility index (Phi) is 5.24. The number of para-hydroxylation sites is 1. The lowest BCUT2D eigenvalue weighted by Gasteiger charge is -2.33. The maximum atomic E-state index is 12.7. The van der Waals surface area contributed by atoms with Gasteiger partial charge in [-0.1, -0.05) is 24.8 Å². The van der Waals surface area contributed by atoms with Crippen LogP contribution in [0.25, 0.3) is 0 Å². The molecule has 28 heavy (non-hydrogen) atoms. The number of likely N-dealkylation sites (N-methyl/N-ethyl adjacent to an activating group) is 1. The zero-order chi connectivity index (χ0) is 20.5. The molecule has 1 heterocycles. The highest BCUT2D eigenvalue weighted by atomic mass is 32.2. The number of sulfonamides is 1. The molecule has 0 aliphatic carbocycles. The zero-order valence-electron chi connectivity index (χ0n) is 15.6. The van der Waals surface area contributed by atoms with Gasteiger partial charge in [0.25, 0.3) is 5.91 Å². The highest BCUT2D eigenvalue weighted by Crippen LogP contribution is 2.34. The number of anilines is 2. The lowest BCUT2D eigenvalue weighted by Crippen LogP contribution is -2.43. The summed E-state index contributed by atoms with van der Waals surface area (Å²) in [5, 5.41) is 2.81. The average Bonchev–Trinajstić information content (AvgIpc) is 2.70. The molecule has 1 atom stereocenters. The Hall–Kier alpha value is -3.13. The number of carbonyl (C=O) groups is 2. The van der Waals surface area contributed by atoms with E-state index >= 15 is 0 Å². The molecule has 0 bridgehead atoms. The van der Waals surface area contributed by atoms with E-state index in [1.807, 2.05) is 12.1 Å². The fourth-order valence-corrected chi connectivity index (χ4v) is 4.47. The first-order chi connectivity index (χ1) is 13.2. The fourth-order valence-electron chi connectivity index (χ4n) is 3.09. The molecule has 0 fully saturated rings. The smallest absolute Gasteiger partial charge is 0.251 e. The standard InChI is InChI=1S/C20H21N3O4S/c1-4-19(24)22(2)15-11-9-14(10-12-15)20(25)21-17-13-28(26,27)23(3)18-8-6-5-7-16(17)18/h4-12,17H,1,13H2,2-3H3,(H,21,25). The van der Waals surface area contributed by atoms with Gasteiger partial charge in [-0.15, -0.1) is 0 Å². The summed E-state index contributed by atoms with van der Waals surface area (Å²) in [6.45, 7) is 3.45. The van der Waals surface area contributed by atoms with E-state index in [0.717, 1.165) is 5.56 Å². The number of nitrogens with one attached hydrogen (secondary N) is 1. The van der Waals surface area contributed by atoms with E-state index < -0.39 is 16.1 Å². The molecule has 0 spiro atoms. The van der Waals surface area contributed by atoms with Crippen LogP contribution >= 0.6 is 0 Å². The molecule has 0 radical (unpaired) electrons. The van der Waals surface area contributed by atoms with Crippen molar-refractivity contribution in [3.8, 4) is 0 Å². The third-order valence-corrected chi connectivity index (χ3v) is 6.56. The molecule has 2 amide bonds. The molecule has 1 aliphatic rings. The Morgan fingerprint density at radius 1 is 1.18 bits per heavy atom. The van der Waals surface area contributed by atoms with Gasteiger partial charge in [-0.05, 0) is 42.0 Å². The molecular formula is C20H21N3O4S. The second-order valence-electron chi connectivity index (χ2n) is 6.48. The van der Waals surface area contributed by atoms with Crippen LogP contribution in [0.2, 0.25) is 0 Å². The van der Waals surface area contributed by atoms with Gasteiger partial charge in [-0.3, -0.25) is 13.9 Å². The third kappa shape index (κ3) is 3.63. The highest BCUT2D eigenvalue weighted by molar-refractivity contribution is 7.92. The number of nitrogens with zero attached hydrogens (tertiary/aromatic N) is 2. The van der Waals surface area contributed by atoms with E-state index in [4.69, 9.17) is 0 Å². The summed E-state index contributed by atoms with van der Waals surface area (Å²) >= 11 is 0. The minimum atomic E-state index is -3.52. The van der Waals surface area contributed by atoms with Crippen LogP contribution in [0.4, 0.5) is 11.4 Å². The first-order valence-electron chi connectivity index (χ1n) is 8.61. The maximum Gasteiger partial charge on any atom is 0.251 e. The van der Waals surface area contributed by atoms with Crippen LogP contribution in [-0.4, -0.2) is 40.1 Å². The Labute approximate surface area is 164 Å². The minimum absolute atomic E-state index is 0.207. The summed E-state index contributed by atoms with van der Waals surface area (Å²) in [5.74, 6) is -0.852. The van der Waals surface area contributed by atoms with E-state index in [1.165, 1.54) is 22.3 Å². The average molecular weight is 399 g/mol. The van der Waals surface area contributed by atoms with Crippen LogP contribution in [0.5, 0.6) is 0 Å². The summed E-state index contributed by atoms with van der Waals surface area (Å²) in [7, 11) is -0.401. The molecule has 3 rings (SSSR count). The summed E-state index contributed by atoms with van der Waals surface area (Å²) < 4.78 is 26.1. The summed E-state index contributed by atoms with van der Waals surface area (Å²) in [5.41, 5.74) is 2.30. The van der Waals surface area contributed by atoms with Gasteiger partial charge in [0.2, 0.25) is 15.9 Å². The normalized spacial score (nSPS) is 17.4. The van der Waals surface area contributed by atoms with Crippen molar-refractivity contribution in [2.24, 2.45) is 0 Å². The van der Waals surface area contributed by atoms with E-state index in [0.29, 0.717) is 16.9 Å². The van der Waals surface area contributed by atoms with Gasteiger partial charge in [0, 0.05) is 25.3 Å². The summed E-state index contributed by atoms with van der Waals surface area (Å²) in [4.78, 5) is 25.7. The molecule has 1 N–H and O–H groups in total. The molecule has 0 saturated heterocycles. The topological polar surface area (TPSA) is 86.8 Å². The molecular weight excluding hydrogens is 378 g/mol. The Balaban J connectivity index is 1.82. The molecule has 0 saturated carbocycles. The van der Waals surface area contributed by atoms with Gasteiger partial charge < -0.3 is 10.2 Å². The molecule has 2 aromatic rings. The maximum absolute atomic E-state index is 12.7. The van der Waals surface area contributed by atoms with Crippen LogP contribution in [-0.2, 0) is 14.8 Å². The van der Waals surface area contributed by atoms with Gasteiger partial charge in [0.15, 0.2) is 0 Å². The first kappa shape index (κ1) is 19.6. The minimum Gasteiger partial charge on any atom is -0.344 e. The third-order valence-electron chi connectivity index (χ3n) is 4.77. The van der Waals surface area contributed by atoms with Crippen molar-refractivity contribution < 1.29 is 18.0 Å². The van der Waals surface area contributed by atoms with Gasteiger partial charge in [0.05, 0.1) is 17.5 Å². The molecule has 0 aromatic heterocycles. The van der Waals surface area contributed by atoms with E-state index in [9.17, 15) is 18.0 Å². The first-order valence-corrected chi connectivity index (χ1v) is 10.2. The van der Waals surface area contributed by atoms with E-state index in [-0.39, 0.29) is 17.6 Å². The fraction of sp³-hybridized carbons (Fsp3) is 0.200. The van der Waals surface area contributed by atoms with Crippen molar-refractivity contribution in [2.45, 2.75) is 6.04 Å². The largest absolute Gasteiger partial charge is 0.344 e. The lowest BCUT2D eigenvalue weighted by atomic mass is 10.0. The van der Waals surface area contributed by atoms with Crippen molar-refractivity contribution in [3.63, 3.8) is 0 Å². The van der Waals surface area contributed by atoms with Crippen LogP contribution in [0.1, 0.15) is 22.0 Å². The molecule has 1 aliphatic heterocycles. The van der Waals surface area contributed by atoms with Crippen LogP contribution in [0, 0.1) is 0 Å². The number of hydrogen-bond acceptors (Lipinski definition) is 4. The molecule has 8 heteroatoms. The van der Waals surface area contributed by atoms with Gasteiger partial charge in [-0.25, -0.2) is 8.42 Å². The lowest BCUT2D eigenvalue weighted by molar-refractivity contribution is -0.113. The van der Waals surface area contributed by atoms with Gasteiger partial charge in [-0.2, -0.15) is 0 Å². The second kappa shape index (κ2) is 7.47. The summed E-state index contributed by atoms with van der Waals surface area (Å²) in [6.07, 6.45) is 1.21. The van der Waals surface area contributed by atoms with Crippen molar-refractivity contribution in [1.82, 2.24) is 5.32 Å². The number of benzene rings is 2.